The quantitative estimate of drug-likeness (QED) is 0.841. The van der Waals surface area contributed by atoms with Crippen molar-refractivity contribution in [2.24, 2.45) is 0 Å². The maximum atomic E-state index is 13.3. The van der Waals surface area contributed by atoms with Gasteiger partial charge in [-0.2, -0.15) is 0 Å². The summed E-state index contributed by atoms with van der Waals surface area (Å²) in [6, 6.07) is 9.15. The average molecular weight is 288 g/mol. The summed E-state index contributed by atoms with van der Waals surface area (Å²) in [4.78, 5) is 2.35. The van der Waals surface area contributed by atoms with Gasteiger partial charge in [-0.25, -0.2) is 4.39 Å². The van der Waals surface area contributed by atoms with Crippen molar-refractivity contribution < 1.29 is 8.91 Å². The van der Waals surface area contributed by atoms with Crippen molar-refractivity contribution in [3.63, 3.8) is 0 Å². The standard InChI is InChI=1S/C17H21FN2O/c1-12(2)15-10-17(21-19-15)16-7-4-8-20(16)11-13-5-3-6-14(18)9-13/h3,5-6,9-10,12,16H,4,7-8,11H2,1-2H3/t16-/m0/s1. The molecule has 2 heterocycles. The SMILES string of the molecule is CC(C)c1cc([C@@H]2CCCN2Cc2cccc(F)c2)on1. The van der Waals surface area contributed by atoms with E-state index in [9.17, 15) is 4.39 Å². The Balaban J connectivity index is 1.75. The van der Waals surface area contributed by atoms with E-state index in [1.165, 1.54) is 6.07 Å². The van der Waals surface area contributed by atoms with Gasteiger partial charge in [0.25, 0.3) is 0 Å². The molecule has 0 bridgehead atoms. The van der Waals surface area contributed by atoms with E-state index >= 15 is 0 Å². The normalized spacial score (nSPS) is 19.5. The third kappa shape index (κ3) is 3.16. The molecule has 2 aromatic rings. The van der Waals surface area contributed by atoms with Crippen molar-refractivity contribution in [2.75, 3.05) is 6.54 Å². The van der Waals surface area contributed by atoms with Crippen LogP contribution in [-0.2, 0) is 6.54 Å². The highest BCUT2D eigenvalue weighted by Crippen LogP contribution is 2.34. The lowest BCUT2D eigenvalue weighted by Gasteiger charge is -2.22. The second-order valence-corrected chi connectivity index (χ2v) is 6.07. The van der Waals surface area contributed by atoms with Crippen molar-refractivity contribution in [3.05, 3.63) is 53.2 Å². The van der Waals surface area contributed by atoms with Gasteiger partial charge in [0.2, 0.25) is 0 Å². The first kappa shape index (κ1) is 14.3. The minimum absolute atomic E-state index is 0.176. The summed E-state index contributed by atoms with van der Waals surface area (Å²) in [6.07, 6.45) is 2.21. The first-order chi connectivity index (χ1) is 10.1. The third-order valence-corrected chi connectivity index (χ3v) is 4.10. The number of rotatable bonds is 4. The number of halogens is 1. The molecule has 1 fully saturated rings. The zero-order valence-electron chi connectivity index (χ0n) is 12.6. The molecule has 0 N–H and O–H groups in total. The fraction of sp³-hybridized carbons (Fsp3) is 0.471. The molecule has 0 unspecified atom stereocenters. The van der Waals surface area contributed by atoms with Crippen LogP contribution in [-0.4, -0.2) is 16.6 Å². The summed E-state index contributed by atoms with van der Waals surface area (Å²) < 4.78 is 18.8. The number of benzene rings is 1. The lowest BCUT2D eigenvalue weighted by Crippen LogP contribution is -2.22. The summed E-state index contributed by atoms with van der Waals surface area (Å²) in [5.41, 5.74) is 2.01. The van der Waals surface area contributed by atoms with Crippen LogP contribution in [0.4, 0.5) is 4.39 Å². The van der Waals surface area contributed by atoms with Gasteiger partial charge in [-0.05, 0) is 43.0 Å². The molecular weight excluding hydrogens is 267 g/mol. The Hall–Kier alpha value is -1.68. The molecule has 1 aliphatic rings. The monoisotopic (exact) mass is 288 g/mol. The molecule has 3 rings (SSSR count). The Bertz CT molecular complexity index is 608. The van der Waals surface area contributed by atoms with Crippen LogP contribution in [0.3, 0.4) is 0 Å². The first-order valence-electron chi connectivity index (χ1n) is 7.58. The van der Waals surface area contributed by atoms with Crippen LogP contribution in [0.5, 0.6) is 0 Å². The number of hydrogen-bond donors (Lipinski definition) is 0. The van der Waals surface area contributed by atoms with Crippen LogP contribution in [0.2, 0.25) is 0 Å². The van der Waals surface area contributed by atoms with Crippen molar-refractivity contribution in [1.82, 2.24) is 10.1 Å². The molecule has 1 aromatic heterocycles. The molecule has 3 nitrogen and oxygen atoms in total. The van der Waals surface area contributed by atoms with Crippen LogP contribution in [0.1, 0.15) is 55.7 Å². The number of likely N-dealkylation sites (tertiary alicyclic amines) is 1. The van der Waals surface area contributed by atoms with Crippen molar-refractivity contribution >= 4 is 0 Å². The summed E-state index contributed by atoms with van der Waals surface area (Å²) in [5, 5.41) is 4.15. The Labute approximate surface area is 124 Å². The van der Waals surface area contributed by atoms with Crippen LogP contribution in [0.25, 0.3) is 0 Å². The molecule has 0 spiro atoms. The van der Waals surface area contributed by atoms with Crippen LogP contribution >= 0.6 is 0 Å². The maximum absolute atomic E-state index is 13.3. The zero-order valence-corrected chi connectivity index (χ0v) is 12.6. The highest BCUT2D eigenvalue weighted by molar-refractivity contribution is 5.18. The Morgan fingerprint density at radius 2 is 2.24 bits per heavy atom. The lowest BCUT2D eigenvalue weighted by molar-refractivity contribution is 0.206. The van der Waals surface area contributed by atoms with Gasteiger partial charge in [0.15, 0.2) is 5.76 Å². The second-order valence-electron chi connectivity index (χ2n) is 6.07. The highest BCUT2D eigenvalue weighted by atomic mass is 19.1. The van der Waals surface area contributed by atoms with Crippen LogP contribution in [0.15, 0.2) is 34.9 Å². The van der Waals surface area contributed by atoms with E-state index in [1.807, 2.05) is 6.07 Å². The molecular formula is C17H21FN2O. The molecule has 4 heteroatoms. The minimum Gasteiger partial charge on any atom is -0.359 e. The molecule has 0 aliphatic carbocycles. The Morgan fingerprint density at radius 3 is 2.95 bits per heavy atom. The van der Waals surface area contributed by atoms with Crippen LogP contribution in [0, 0.1) is 5.82 Å². The number of nitrogens with zero attached hydrogens (tertiary/aromatic N) is 2. The van der Waals surface area contributed by atoms with Crippen molar-refractivity contribution in [2.45, 2.75) is 45.2 Å². The molecule has 0 radical (unpaired) electrons. The van der Waals surface area contributed by atoms with Crippen molar-refractivity contribution in [3.8, 4) is 0 Å². The Morgan fingerprint density at radius 1 is 1.38 bits per heavy atom. The highest BCUT2D eigenvalue weighted by Gasteiger charge is 2.29. The predicted molar refractivity (Wildman–Crippen MR) is 79.4 cm³/mol. The average Bonchev–Trinajstić information content (AvgIpc) is 3.06. The molecule has 0 amide bonds. The maximum Gasteiger partial charge on any atom is 0.154 e. The summed E-state index contributed by atoms with van der Waals surface area (Å²) in [7, 11) is 0. The summed E-state index contributed by atoms with van der Waals surface area (Å²) in [6.45, 7) is 5.99. The van der Waals surface area contributed by atoms with Gasteiger partial charge in [-0.1, -0.05) is 31.1 Å². The lowest BCUT2D eigenvalue weighted by atomic mass is 10.1. The fourth-order valence-corrected chi connectivity index (χ4v) is 2.94. The van der Waals surface area contributed by atoms with Gasteiger partial charge in [0.05, 0.1) is 11.7 Å². The second kappa shape index (κ2) is 5.98. The molecule has 112 valence electrons. The first-order valence-corrected chi connectivity index (χ1v) is 7.58. The van der Waals surface area contributed by atoms with E-state index in [0.29, 0.717) is 5.92 Å². The molecule has 0 saturated carbocycles. The molecule has 1 atom stereocenters. The molecule has 1 aromatic carbocycles. The smallest absolute Gasteiger partial charge is 0.154 e. The molecule has 1 aliphatic heterocycles. The van der Waals surface area contributed by atoms with E-state index < -0.39 is 0 Å². The van der Waals surface area contributed by atoms with E-state index in [1.54, 1.807) is 12.1 Å². The van der Waals surface area contributed by atoms with Gasteiger partial charge < -0.3 is 4.52 Å². The molecule has 21 heavy (non-hydrogen) atoms. The Kier molecular flexibility index (Phi) is 4.06. The zero-order chi connectivity index (χ0) is 14.8. The van der Waals surface area contributed by atoms with Gasteiger partial charge in [-0.15, -0.1) is 0 Å². The molecule has 1 saturated heterocycles. The van der Waals surface area contributed by atoms with Gasteiger partial charge in [-0.3, -0.25) is 4.90 Å². The van der Waals surface area contributed by atoms with E-state index in [-0.39, 0.29) is 11.9 Å². The third-order valence-electron chi connectivity index (χ3n) is 4.10. The van der Waals surface area contributed by atoms with Crippen molar-refractivity contribution in [1.29, 1.82) is 0 Å². The summed E-state index contributed by atoms with van der Waals surface area (Å²) in [5.74, 6) is 1.14. The number of aromatic nitrogens is 1. The summed E-state index contributed by atoms with van der Waals surface area (Å²) >= 11 is 0. The largest absolute Gasteiger partial charge is 0.359 e. The van der Waals surface area contributed by atoms with E-state index in [0.717, 1.165) is 42.9 Å². The van der Waals surface area contributed by atoms with E-state index in [4.69, 9.17) is 4.52 Å². The fourth-order valence-electron chi connectivity index (χ4n) is 2.94. The number of hydrogen-bond acceptors (Lipinski definition) is 3. The topological polar surface area (TPSA) is 29.3 Å². The van der Waals surface area contributed by atoms with E-state index in [2.05, 4.69) is 30.0 Å². The van der Waals surface area contributed by atoms with Gasteiger partial charge in [0.1, 0.15) is 5.82 Å². The van der Waals surface area contributed by atoms with Gasteiger partial charge in [0, 0.05) is 12.6 Å². The van der Waals surface area contributed by atoms with Gasteiger partial charge >= 0.3 is 0 Å². The predicted octanol–water partition coefficient (Wildman–Crippen LogP) is 4.27. The van der Waals surface area contributed by atoms with Crippen LogP contribution < -0.4 is 0 Å². The minimum atomic E-state index is -0.176.